The van der Waals surface area contributed by atoms with E-state index in [1.54, 1.807) is 4.90 Å². The molecule has 2 aromatic carbocycles. The van der Waals surface area contributed by atoms with E-state index in [2.05, 4.69) is 5.32 Å². The number of nitrogens with one attached hydrogen (secondary N) is 1. The standard InChI is InChI=1S/C21H20F3N3O2/c22-21(23,24)18-6-3-11-27(18)19(28)14-7-9-17(10-8-14)25-20(29)26-12-15-4-1-2-5-16(15)13-26/h1-2,4-5,7-10,18H,3,6,11-13H2,(H,25,29)/t18-/m0/s1. The summed E-state index contributed by atoms with van der Waals surface area (Å²) in [6.07, 6.45) is -4.16. The zero-order valence-electron chi connectivity index (χ0n) is 15.6. The topological polar surface area (TPSA) is 52.7 Å². The third-order valence-electron chi connectivity index (χ3n) is 5.40. The number of anilines is 1. The van der Waals surface area contributed by atoms with Crippen LogP contribution in [0.25, 0.3) is 0 Å². The van der Waals surface area contributed by atoms with Crippen LogP contribution in [-0.2, 0) is 13.1 Å². The molecule has 0 radical (unpaired) electrons. The Labute approximate surface area is 166 Å². The van der Waals surface area contributed by atoms with Crippen LogP contribution in [0.5, 0.6) is 0 Å². The van der Waals surface area contributed by atoms with Crippen LogP contribution >= 0.6 is 0 Å². The molecule has 2 aliphatic heterocycles. The highest BCUT2D eigenvalue weighted by atomic mass is 19.4. The van der Waals surface area contributed by atoms with E-state index < -0.39 is 18.1 Å². The quantitative estimate of drug-likeness (QED) is 0.808. The molecule has 0 bridgehead atoms. The third-order valence-corrected chi connectivity index (χ3v) is 5.40. The van der Waals surface area contributed by atoms with Gasteiger partial charge < -0.3 is 15.1 Å². The highest BCUT2D eigenvalue weighted by Crippen LogP contribution is 2.33. The fraction of sp³-hybridized carbons (Fsp3) is 0.333. The molecular formula is C21H20F3N3O2. The first kappa shape index (κ1) is 19.3. The second-order valence-electron chi connectivity index (χ2n) is 7.33. The van der Waals surface area contributed by atoms with Crippen LogP contribution in [0, 0.1) is 0 Å². The number of hydrogen-bond donors (Lipinski definition) is 1. The molecule has 5 nitrogen and oxygen atoms in total. The smallest absolute Gasteiger partial charge is 0.327 e. The van der Waals surface area contributed by atoms with Gasteiger partial charge in [0.15, 0.2) is 0 Å². The number of nitrogens with zero attached hydrogens (tertiary/aromatic N) is 2. The number of hydrogen-bond acceptors (Lipinski definition) is 2. The van der Waals surface area contributed by atoms with Crippen molar-refractivity contribution in [2.24, 2.45) is 0 Å². The molecule has 8 heteroatoms. The molecule has 1 fully saturated rings. The highest BCUT2D eigenvalue weighted by molar-refractivity contribution is 5.96. The molecule has 0 aromatic heterocycles. The van der Waals surface area contributed by atoms with Crippen molar-refractivity contribution < 1.29 is 22.8 Å². The lowest BCUT2D eigenvalue weighted by molar-refractivity contribution is -0.169. The summed E-state index contributed by atoms with van der Waals surface area (Å²) in [6, 6.07) is 11.8. The molecule has 4 rings (SSSR count). The summed E-state index contributed by atoms with van der Waals surface area (Å²) in [5.41, 5.74) is 2.87. The van der Waals surface area contributed by atoms with Gasteiger partial charge in [0.1, 0.15) is 6.04 Å². The van der Waals surface area contributed by atoms with Gasteiger partial charge in [0, 0.05) is 30.9 Å². The molecule has 2 heterocycles. The molecule has 2 aromatic rings. The fourth-order valence-corrected chi connectivity index (χ4v) is 3.89. The molecule has 1 saturated heterocycles. The van der Waals surface area contributed by atoms with Crippen LogP contribution in [0.3, 0.4) is 0 Å². The van der Waals surface area contributed by atoms with Crippen molar-refractivity contribution in [3.05, 3.63) is 65.2 Å². The molecule has 0 aliphatic carbocycles. The van der Waals surface area contributed by atoms with Gasteiger partial charge >= 0.3 is 12.2 Å². The van der Waals surface area contributed by atoms with Crippen molar-refractivity contribution in [2.45, 2.75) is 38.1 Å². The molecule has 1 N–H and O–H groups in total. The lowest BCUT2D eigenvalue weighted by atomic mass is 10.1. The molecule has 29 heavy (non-hydrogen) atoms. The monoisotopic (exact) mass is 403 g/mol. The maximum atomic E-state index is 13.1. The van der Waals surface area contributed by atoms with E-state index in [0.717, 1.165) is 16.0 Å². The van der Waals surface area contributed by atoms with Crippen molar-refractivity contribution in [2.75, 3.05) is 11.9 Å². The number of likely N-dealkylation sites (tertiary alicyclic amines) is 1. The largest absolute Gasteiger partial charge is 0.408 e. The van der Waals surface area contributed by atoms with Crippen LogP contribution in [0.2, 0.25) is 0 Å². The summed E-state index contributed by atoms with van der Waals surface area (Å²) in [5, 5.41) is 2.77. The first-order valence-corrected chi connectivity index (χ1v) is 9.43. The minimum Gasteiger partial charge on any atom is -0.327 e. The number of urea groups is 1. The van der Waals surface area contributed by atoms with Crippen molar-refractivity contribution in [1.82, 2.24) is 9.80 Å². The Kier molecular flexibility index (Phi) is 4.94. The average molecular weight is 403 g/mol. The van der Waals surface area contributed by atoms with Crippen LogP contribution in [-0.4, -0.2) is 40.5 Å². The molecular weight excluding hydrogens is 383 g/mol. The van der Waals surface area contributed by atoms with Gasteiger partial charge in [0.25, 0.3) is 5.91 Å². The molecule has 152 valence electrons. The Morgan fingerprint density at radius 3 is 2.17 bits per heavy atom. The minimum atomic E-state index is -4.42. The maximum Gasteiger partial charge on any atom is 0.408 e. The second-order valence-corrected chi connectivity index (χ2v) is 7.33. The van der Waals surface area contributed by atoms with Gasteiger partial charge in [-0.05, 0) is 48.2 Å². The summed E-state index contributed by atoms with van der Waals surface area (Å²) in [5.74, 6) is -0.641. The lowest BCUT2D eigenvalue weighted by Gasteiger charge is -2.26. The summed E-state index contributed by atoms with van der Waals surface area (Å²) in [4.78, 5) is 27.5. The summed E-state index contributed by atoms with van der Waals surface area (Å²) in [7, 11) is 0. The Morgan fingerprint density at radius 2 is 1.59 bits per heavy atom. The summed E-state index contributed by atoms with van der Waals surface area (Å²) < 4.78 is 39.3. The van der Waals surface area contributed by atoms with Crippen molar-refractivity contribution in [3.63, 3.8) is 0 Å². The van der Waals surface area contributed by atoms with Crippen LogP contribution in [0.1, 0.15) is 34.3 Å². The number of alkyl halides is 3. The second kappa shape index (κ2) is 7.42. The van der Waals surface area contributed by atoms with Gasteiger partial charge in [-0.15, -0.1) is 0 Å². The zero-order valence-corrected chi connectivity index (χ0v) is 15.6. The predicted octanol–water partition coefficient (Wildman–Crippen LogP) is 4.40. The number of carbonyl (C=O) groups is 2. The van der Waals surface area contributed by atoms with E-state index in [1.165, 1.54) is 24.3 Å². The number of rotatable bonds is 2. The van der Waals surface area contributed by atoms with E-state index in [4.69, 9.17) is 0 Å². The number of carbonyl (C=O) groups excluding carboxylic acids is 2. The van der Waals surface area contributed by atoms with E-state index in [1.807, 2.05) is 24.3 Å². The number of amides is 3. The third kappa shape index (κ3) is 3.92. The Morgan fingerprint density at radius 1 is 0.966 bits per heavy atom. The fourth-order valence-electron chi connectivity index (χ4n) is 3.89. The first-order valence-electron chi connectivity index (χ1n) is 9.43. The summed E-state index contributed by atoms with van der Waals surface area (Å²) >= 11 is 0. The first-order chi connectivity index (χ1) is 13.8. The highest BCUT2D eigenvalue weighted by Gasteiger charge is 2.47. The lowest BCUT2D eigenvalue weighted by Crippen LogP contribution is -2.44. The van der Waals surface area contributed by atoms with Crippen LogP contribution in [0.4, 0.5) is 23.7 Å². The van der Waals surface area contributed by atoms with Crippen LogP contribution in [0.15, 0.2) is 48.5 Å². The van der Waals surface area contributed by atoms with Gasteiger partial charge in [-0.25, -0.2) is 4.79 Å². The molecule has 2 aliphatic rings. The minimum absolute atomic E-state index is 0.0679. The van der Waals surface area contributed by atoms with E-state index in [-0.39, 0.29) is 24.6 Å². The van der Waals surface area contributed by atoms with Crippen molar-refractivity contribution in [1.29, 1.82) is 0 Å². The molecule has 1 atom stereocenters. The maximum absolute atomic E-state index is 13.1. The van der Waals surface area contributed by atoms with Gasteiger partial charge in [0.2, 0.25) is 0 Å². The number of fused-ring (bicyclic) bond motifs is 1. The molecule has 0 unspecified atom stereocenters. The zero-order chi connectivity index (χ0) is 20.6. The van der Waals surface area contributed by atoms with Crippen molar-refractivity contribution >= 4 is 17.6 Å². The molecule has 0 spiro atoms. The van der Waals surface area contributed by atoms with E-state index in [9.17, 15) is 22.8 Å². The summed E-state index contributed by atoms with van der Waals surface area (Å²) in [6.45, 7) is 1.13. The van der Waals surface area contributed by atoms with Gasteiger partial charge in [-0.1, -0.05) is 24.3 Å². The number of benzene rings is 2. The molecule has 0 saturated carbocycles. The average Bonchev–Trinajstić information content (AvgIpc) is 3.35. The predicted molar refractivity (Wildman–Crippen MR) is 101 cm³/mol. The van der Waals surface area contributed by atoms with E-state index >= 15 is 0 Å². The van der Waals surface area contributed by atoms with Gasteiger partial charge in [0.05, 0.1) is 0 Å². The number of halogens is 3. The normalized spacial score (nSPS) is 18.7. The molecule has 3 amide bonds. The Hall–Kier alpha value is -3.03. The SMILES string of the molecule is O=C(Nc1ccc(C(=O)N2CCC[C@H]2C(F)(F)F)cc1)N1Cc2ccccc2C1. The Bertz CT molecular complexity index is 903. The van der Waals surface area contributed by atoms with E-state index in [0.29, 0.717) is 25.2 Å². The van der Waals surface area contributed by atoms with Crippen LogP contribution < -0.4 is 5.32 Å². The Balaban J connectivity index is 1.39. The van der Waals surface area contributed by atoms with Crippen molar-refractivity contribution in [3.8, 4) is 0 Å². The van der Waals surface area contributed by atoms with Gasteiger partial charge in [-0.2, -0.15) is 13.2 Å². The van der Waals surface area contributed by atoms with Gasteiger partial charge in [-0.3, -0.25) is 4.79 Å².